The summed E-state index contributed by atoms with van der Waals surface area (Å²) in [5.41, 5.74) is 4.17. The Morgan fingerprint density at radius 3 is 1.89 bits per heavy atom. The average molecular weight is 290 g/mol. The van der Waals surface area contributed by atoms with Crippen molar-refractivity contribution in [1.82, 2.24) is 0 Å². The molecular formula is C15H14S3. The van der Waals surface area contributed by atoms with Gasteiger partial charge in [0.05, 0.1) is 0 Å². The molecule has 0 aliphatic rings. The molecule has 0 aromatic carbocycles. The minimum absolute atomic E-state index is 1.38. The topological polar surface area (TPSA) is 0 Å². The largest absolute Gasteiger partial charge is 0.143 e. The second kappa shape index (κ2) is 4.65. The lowest BCUT2D eigenvalue weighted by Crippen LogP contribution is -1.72. The van der Waals surface area contributed by atoms with Gasteiger partial charge in [-0.05, 0) is 66.4 Å². The molecule has 0 atom stereocenters. The summed E-state index contributed by atoms with van der Waals surface area (Å²) in [4.78, 5) is 5.69. The van der Waals surface area contributed by atoms with Crippen molar-refractivity contribution >= 4 is 34.0 Å². The zero-order valence-electron chi connectivity index (χ0n) is 10.6. The molecule has 3 heteroatoms. The first-order chi connectivity index (χ1) is 8.66. The first kappa shape index (κ1) is 12.2. The summed E-state index contributed by atoms with van der Waals surface area (Å²) >= 11 is 5.61. The molecule has 3 rings (SSSR count). The third kappa shape index (κ3) is 1.96. The number of hydrogen-bond acceptors (Lipinski definition) is 3. The molecule has 0 saturated carbocycles. The standard InChI is InChI=1S/C15H14S3/c1-9-4-6-16-13(9)12-8-11(3)15(18-12)14-10(2)5-7-17-14/h4-8H,1-3H3. The summed E-state index contributed by atoms with van der Waals surface area (Å²) in [6.07, 6.45) is 0. The van der Waals surface area contributed by atoms with Crippen LogP contribution in [0.25, 0.3) is 19.5 Å². The van der Waals surface area contributed by atoms with E-state index in [9.17, 15) is 0 Å². The number of thiophene rings is 3. The molecule has 92 valence electrons. The molecule has 0 spiro atoms. The molecule has 0 saturated heterocycles. The van der Waals surface area contributed by atoms with Crippen LogP contribution in [0.4, 0.5) is 0 Å². The van der Waals surface area contributed by atoms with Crippen molar-refractivity contribution < 1.29 is 0 Å². The molecule has 3 aromatic rings. The van der Waals surface area contributed by atoms with E-state index in [1.165, 1.54) is 36.2 Å². The zero-order chi connectivity index (χ0) is 12.7. The molecule has 0 nitrogen and oxygen atoms in total. The van der Waals surface area contributed by atoms with E-state index in [0.717, 1.165) is 0 Å². The lowest BCUT2D eigenvalue weighted by atomic mass is 10.2. The fraction of sp³-hybridized carbons (Fsp3) is 0.200. The highest BCUT2D eigenvalue weighted by Gasteiger charge is 2.14. The van der Waals surface area contributed by atoms with Gasteiger partial charge >= 0.3 is 0 Å². The number of hydrogen-bond donors (Lipinski definition) is 0. The van der Waals surface area contributed by atoms with E-state index in [1.807, 2.05) is 34.0 Å². The summed E-state index contributed by atoms with van der Waals surface area (Å²) < 4.78 is 0. The van der Waals surface area contributed by atoms with Crippen LogP contribution in [0.15, 0.2) is 29.0 Å². The normalized spacial score (nSPS) is 11.1. The van der Waals surface area contributed by atoms with Crippen molar-refractivity contribution in [1.29, 1.82) is 0 Å². The van der Waals surface area contributed by atoms with E-state index >= 15 is 0 Å². The second-order valence-electron chi connectivity index (χ2n) is 4.49. The quantitative estimate of drug-likeness (QED) is 0.532. The Kier molecular flexibility index (Phi) is 3.14. The van der Waals surface area contributed by atoms with Crippen LogP contribution in [0, 0.1) is 20.8 Å². The highest BCUT2D eigenvalue weighted by Crippen LogP contribution is 2.43. The maximum Gasteiger partial charge on any atom is 0.0481 e. The fourth-order valence-electron chi connectivity index (χ4n) is 2.05. The van der Waals surface area contributed by atoms with E-state index in [2.05, 4.69) is 49.7 Å². The van der Waals surface area contributed by atoms with Crippen molar-refractivity contribution in [2.24, 2.45) is 0 Å². The van der Waals surface area contributed by atoms with Gasteiger partial charge in [-0.15, -0.1) is 34.0 Å². The SMILES string of the molecule is Cc1ccsc1-c1cc(C)c(-c2sccc2C)s1. The van der Waals surface area contributed by atoms with Crippen molar-refractivity contribution in [2.75, 3.05) is 0 Å². The maximum atomic E-state index is 2.33. The number of aryl methyl sites for hydroxylation is 3. The maximum absolute atomic E-state index is 2.33. The van der Waals surface area contributed by atoms with Crippen LogP contribution in [0.5, 0.6) is 0 Å². The Bertz CT molecular complexity index is 682. The summed E-state index contributed by atoms with van der Waals surface area (Å²) in [6, 6.07) is 6.73. The molecule has 0 N–H and O–H groups in total. The molecule has 0 aliphatic carbocycles. The highest BCUT2D eigenvalue weighted by molar-refractivity contribution is 7.26. The molecule has 18 heavy (non-hydrogen) atoms. The molecule has 0 amide bonds. The van der Waals surface area contributed by atoms with Gasteiger partial charge in [-0.3, -0.25) is 0 Å². The Morgan fingerprint density at radius 2 is 1.33 bits per heavy atom. The van der Waals surface area contributed by atoms with Crippen LogP contribution < -0.4 is 0 Å². The van der Waals surface area contributed by atoms with E-state index in [-0.39, 0.29) is 0 Å². The molecule has 3 aromatic heterocycles. The minimum Gasteiger partial charge on any atom is -0.143 e. The Morgan fingerprint density at radius 1 is 0.722 bits per heavy atom. The van der Waals surface area contributed by atoms with Crippen molar-refractivity contribution in [3.63, 3.8) is 0 Å². The van der Waals surface area contributed by atoms with E-state index < -0.39 is 0 Å². The molecule has 0 fully saturated rings. The van der Waals surface area contributed by atoms with Gasteiger partial charge in [-0.25, -0.2) is 0 Å². The van der Waals surface area contributed by atoms with Gasteiger partial charge in [0.1, 0.15) is 0 Å². The summed E-state index contributed by atoms with van der Waals surface area (Å²) in [5, 5.41) is 4.36. The lowest BCUT2D eigenvalue weighted by molar-refractivity contribution is 1.51. The molecular weight excluding hydrogens is 276 g/mol. The summed E-state index contributed by atoms with van der Waals surface area (Å²) in [6.45, 7) is 6.61. The number of rotatable bonds is 2. The zero-order valence-corrected chi connectivity index (χ0v) is 13.1. The summed E-state index contributed by atoms with van der Waals surface area (Å²) in [5.74, 6) is 0. The van der Waals surface area contributed by atoms with E-state index in [0.29, 0.717) is 0 Å². The fourth-order valence-corrected chi connectivity index (χ4v) is 5.54. The average Bonchev–Trinajstić information content (AvgIpc) is 3.00. The van der Waals surface area contributed by atoms with Crippen LogP contribution in [0.2, 0.25) is 0 Å². The first-order valence-electron chi connectivity index (χ1n) is 5.86. The van der Waals surface area contributed by atoms with Crippen molar-refractivity contribution in [3.05, 3.63) is 45.6 Å². The third-order valence-corrected chi connectivity index (χ3v) is 6.69. The second-order valence-corrected chi connectivity index (χ2v) is 7.37. The van der Waals surface area contributed by atoms with Crippen molar-refractivity contribution in [3.8, 4) is 19.5 Å². The van der Waals surface area contributed by atoms with Crippen LogP contribution in [-0.2, 0) is 0 Å². The third-order valence-electron chi connectivity index (χ3n) is 3.07. The van der Waals surface area contributed by atoms with E-state index in [1.54, 1.807) is 0 Å². The van der Waals surface area contributed by atoms with Gasteiger partial charge in [-0.2, -0.15) is 0 Å². The highest BCUT2D eigenvalue weighted by atomic mass is 32.1. The lowest BCUT2D eigenvalue weighted by Gasteiger charge is -1.97. The van der Waals surface area contributed by atoms with Crippen molar-refractivity contribution in [2.45, 2.75) is 20.8 Å². The van der Waals surface area contributed by atoms with Gasteiger partial charge in [0, 0.05) is 19.5 Å². The predicted molar refractivity (Wildman–Crippen MR) is 85.2 cm³/mol. The van der Waals surface area contributed by atoms with Crippen LogP contribution >= 0.6 is 34.0 Å². The van der Waals surface area contributed by atoms with Crippen LogP contribution in [0.1, 0.15) is 16.7 Å². The van der Waals surface area contributed by atoms with Gasteiger partial charge < -0.3 is 0 Å². The molecule has 0 aliphatic heterocycles. The predicted octanol–water partition coefficient (Wildman–Crippen LogP) is 6.13. The first-order valence-corrected chi connectivity index (χ1v) is 8.44. The Balaban J connectivity index is 2.13. The molecule has 0 radical (unpaired) electrons. The van der Waals surface area contributed by atoms with Gasteiger partial charge in [0.25, 0.3) is 0 Å². The van der Waals surface area contributed by atoms with Crippen LogP contribution in [-0.4, -0.2) is 0 Å². The Hall–Kier alpha value is -0.900. The smallest absolute Gasteiger partial charge is 0.0481 e. The summed E-state index contributed by atoms with van der Waals surface area (Å²) in [7, 11) is 0. The minimum atomic E-state index is 1.38. The van der Waals surface area contributed by atoms with Gasteiger partial charge in [-0.1, -0.05) is 0 Å². The monoisotopic (exact) mass is 290 g/mol. The molecule has 3 heterocycles. The molecule has 0 bridgehead atoms. The van der Waals surface area contributed by atoms with E-state index in [4.69, 9.17) is 0 Å². The Labute approximate surface area is 120 Å². The van der Waals surface area contributed by atoms with Crippen LogP contribution in [0.3, 0.4) is 0 Å². The van der Waals surface area contributed by atoms with Gasteiger partial charge in [0.2, 0.25) is 0 Å². The van der Waals surface area contributed by atoms with Gasteiger partial charge in [0.15, 0.2) is 0 Å². The molecule has 0 unspecified atom stereocenters.